The van der Waals surface area contributed by atoms with Gasteiger partial charge in [-0.15, -0.1) is 0 Å². The number of anilines is 1. The zero-order valence-corrected chi connectivity index (χ0v) is 14.1. The molecule has 1 saturated heterocycles. The number of nitrogens with zero attached hydrogens (tertiary/aromatic N) is 3. The first-order valence-electron chi connectivity index (χ1n) is 7.74. The van der Waals surface area contributed by atoms with Gasteiger partial charge in [-0.2, -0.15) is 0 Å². The first kappa shape index (κ1) is 16.9. The molecule has 1 fully saturated rings. The lowest BCUT2D eigenvalue weighted by Crippen LogP contribution is -2.52. The fourth-order valence-corrected chi connectivity index (χ4v) is 2.73. The Kier molecular flexibility index (Phi) is 6.34. The van der Waals surface area contributed by atoms with Crippen molar-refractivity contribution in [3.8, 4) is 0 Å². The Morgan fingerprint density at radius 2 is 2.00 bits per heavy atom. The molecular formula is C16H25ClN4O. The highest BCUT2D eigenvalue weighted by molar-refractivity contribution is 6.30. The van der Waals surface area contributed by atoms with E-state index in [-0.39, 0.29) is 6.03 Å². The summed E-state index contributed by atoms with van der Waals surface area (Å²) < 4.78 is 0. The SMILES string of the molecule is CN(C)CCCNC(=O)N1CCN(c2cccc(Cl)c2)CC1. The Labute approximate surface area is 137 Å². The average molecular weight is 325 g/mol. The average Bonchev–Trinajstić information content (AvgIpc) is 2.51. The van der Waals surface area contributed by atoms with Crippen molar-refractivity contribution in [1.82, 2.24) is 15.1 Å². The lowest BCUT2D eigenvalue weighted by molar-refractivity contribution is 0.194. The van der Waals surface area contributed by atoms with Crippen molar-refractivity contribution in [2.75, 3.05) is 58.3 Å². The number of halogens is 1. The summed E-state index contributed by atoms with van der Waals surface area (Å²) in [6, 6.07) is 7.91. The van der Waals surface area contributed by atoms with Crippen LogP contribution in [0.3, 0.4) is 0 Å². The van der Waals surface area contributed by atoms with E-state index in [1.54, 1.807) is 0 Å². The standard InChI is InChI=1S/C16H25ClN4O/c1-19(2)8-4-7-18-16(22)21-11-9-20(10-12-21)15-6-3-5-14(17)13-15/h3,5-6,13H,4,7-12H2,1-2H3,(H,18,22). The molecule has 0 bridgehead atoms. The van der Waals surface area contributed by atoms with Crippen molar-refractivity contribution in [3.63, 3.8) is 0 Å². The summed E-state index contributed by atoms with van der Waals surface area (Å²) in [5, 5.41) is 3.74. The maximum atomic E-state index is 12.1. The maximum Gasteiger partial charge on any atom is 0.317 e. The van der Waals surface area contributed by atoms with E-state index in [1.165, 1.54) is 0 Å². The van der Waals surface area contributed by atoms with Crippen molar-refractivity contribution in [2.24, 2.45) is 0 Å². The number of benzene rings is 1. The summed E-state index contributed by atoms with van der Waals surface area (Å²) in [4.78, 5) is 18.4. The minimum absolute atomic E-state index is 0.0458. The maximum absolute atomic E-state index is 12.1. The van der Waals surface area contributed by atoms with Gasteiger partial charge >= 0.3 is 6.03 Å². The molecular weight excluding hydrogens is 300 g/mol. The summed E-state index contributed by atoms with van der Waals surface area (Å²) in [7, 11) is 4.08. The topological polar surface area (TPSA) is 38.8 Å². The van der Waals surface area contributed by atoms with E-state index in [4.69, 9.17) is 11.6 Å². The highest BCUT2D eigenvalue weighted by atomic mass is 35.5. The molecule has 0 spiro atoms. The van der Waals surface area contributed by atoms with Crippen LogP contribution in [0.25, 0.3) is 0 Å². The molecule has 122 valence electrons. The van der Waals surface area contributed by atoms with Crippen molar-refractivity contribution in [1.29, 1.82) is 0 Å². The Morgan fingerprint density at radius 3 is 2.64 bits per heavy atom. The van der Waals surface area contributed by atoms with Crippen LogP contribution in [0.1, 0.15) is 6.42 Å². The number of rotatable bonds is 5. The Balaban J connectivity index is 1.73. The quantitative estimate of drug-likeness (QED) is 0.843. The lowest BCUT2D eigenvalue weighted by Gasteiger charge is -2.36. The van der Waals surface area contributed by atoms with Gasteiger partial charge < -0.3 is 20.0 Å². The first-order chi connectivity index (χ1) is 10.6. The van der Waals surface area contributed by atoms with Crippen LogP contribution in [0, 0.1) is 0 Å². The Morgan fingerprint density at radius 1 is 1.27 bits per heavy atom. The molecule has 0 atom stereocenters. The summed E-state index contributed by atoms with van der Waals surface area (Å²) in [6.07, 6.45) is 0.973. The van der Waals surface area contributed by atoms with Gasteiger partial charge in [-0.25, -0.2) is 4.79 Å². The minimum atomic E-state index is 0.0458. The Bertz CT molecular complexity index is 487. The molecule has 0 unspecified atom stereocenters. The van der Waals surface area contributed by atoms with Gasteiger partial charge in [-0.3, -0.25) is 0 Å². The van der Waals surface area contributed by atoms with Crippen LogP contribution in [-0.4, -0.2) is 69.2 Å². The van der Waals surface area contributed by atoms with Crippen LogP contribution in [-0.2, 0) is 0 Å². The minimum Gasteiger partial charge on any atom is -0.368 e. The summed E-state index contributed by atoms with van der Waals surface area (Å²) in [6.45, 7) is 4.88. The lowest BCUT2D eigenvalue weighted by atomic mass is 10.2. The van der Waals surface area contributed by atoms with Crippen LogP contribution >= 0.6 is 11.6 Å². The monoisotopic (exact) mass is 324 g/mol. The smallest absolute Gasteiger partial charge is 0.317 e. The second-order valence-electron chi connectivity index (χ2n) is 5.84. The van der Waals surface area contributed by atoms with Gasteiger partial charge in [0, 0.05) is 43.4 Å². The van der Waals surface area contributed by atoms with Crippen LogP contribution in [0.15, 0.2) is 24.3 Å². The zero-order chi connectivity index (χ0) is 15.9. The second kappa shape index (κ2) is 8.25. The van der Waals surface area contributed by atoms with Gasteiger partial charge in [0.2, 0.25) is 0 Å². The van der Waals surface area contributed by atoms with Crippen molar-refractivity contribution < 1.29 is 4.79 Å². The molecule has 1 aromatic carbocycles. The first-order valence-corrected chi connectivity index (χ1v) is 8.12. The second-order valence-corrected chi connectivity index (χ2v) is 6.28. The molecule has 1 N–H and O–H groups in total. The molecule has 2 amide bonds. The van der Waals surface area contributed by atoms with Gasteiger partial charge in [-0.05, 0) is 45.3 Å². The van der Waals surface area contributed by atoms with E-state index in [1.807, 2.05) is 37.2 Å². The van der Waals surface area contributed by atoms with Gasteiger partial charge in [0.25, 0.3) is 0 Å². The molecule has 1 aliphatic rings. The van der Waals surface area contributed by atoms with Crippen LogP contribution < -0.4 is 10.2 Å². The summed E-state index contributed by atoms with van der Waals surface area (Å²) in [5.74, 6) is 0. The Hall–Kier alpha value is -1.46. The third kappa shape index (κ3) is 5.07. The van der Waals surface area contributed by atoms with Crippen LogP contribution in [0.4, 0.5) is 10.5 Å². The molecule has 1 heterocycles. The number of urea groups is 1. The van der Waals surface area contributed by atoms with E-state index >= 15 is 0 Å². The van der Waals surface area contributed by atoms with E-state index in [9.17, 15) is 4.79 Å². The zero-order valence-electron chi connectivity index (χ0n) is 13.4. The van der Waals surface area contributed by atoms with E-state index in [2.05, 4.69) is 21.2 Å². The van der Waals surface area contributed by atoms with Crippen molar-refractivity contribution in [3.05, 3.63) is 29.3 Å². The van der Waals surface area contributed by atoms with Gasteiger partial charge in [0.15, 0.2) is 0 Å². The number of piperazine rings is 1. The fourth-order valence-electron chi connectivity index (χ4n) is 2.54. The van der Waals surface area contributed by atoms with Crippen LogP contribution in [0.5, 0.6) is 0 Å². The molecule has 0 aliphatic carbocycles. The van der Waals surface area contributed by atoms with Crippen LogP contribution in [0.2, 0.25) is 5.02 Å². The molecule has 0 aromatic heterocycles. The van der Waals surface area contributed by atoms with E-state index < -0.39 is 0 Å². The molecule has 22 heavy (non-hydrogen) atoms. The van der Waals surface area contributed by atoms with Gasteiger partial charge in [0.05, 0.1) is 0 Å². The third-order valence-corrected chi connectivity index (χ3v) is 4.03. The molecule has 5 nitrogen and oxygen atoms in total. The molecule has 1 aromatic rings. The summed E-state index contributed by atoms with van der Waals surface area (Å²) >= 11 is 6.03. The van der Waals surface area contributed by atoms with Crippen molar-refractivity contribution >= 4 is 23.3 Å². The third-order valence-electron chi connectivity index (χ3n) is 3.80. The predicted octanol–water partition coefficient (Wildman–Crippen LogP) is 2.12. The molecule has 0 saturated carbocycles. The predicted molar refractivity (Wildman–Crippen MR) is 91.8 cm³/mol. The van der Waals surface area contributed by atoms with Gasteiger partial charge in [-0.1, -0.05) is 17.7 Å². The molecule has 2 rings (SSSR count). The number of carbonyl (C=O) groups is 1. The highest BCUT2D eigenvalue weighted by Gasteiger charge is 2.20. The highest BCUT2D eigenvalue weighted by Crippen LogP contribution is 2.20. The van der Waals surface area contributed by atoms with Crippen molar-refractivity contribution in [2.45, 2.75) is 6.42 Å². The molecule has 6 heteroatoms. The normalized spacial score (nSPS) is 15.3. The van der Waals surface area contributed by atoms with Gasteiger partial charge in [0.1, 0.15) is 0 Å². The number of hydrogen-bond donors (Lipinski definition) is 1. The number of amides is 2. The van der Waals surface area contributed by atoms with E-state index in [0.717, 1.165) is 56.4 Å². The molecule has 0 radical (unpaired) electrons. The summed E-state index contributed by atoms with van der Waals surface area (Å²) in [5.41, 5.74) is 1.12. The number of carbonyl (C=O) groups excluding carboxylic acids is 1. The largest absolute Gasteiger partial charge is 0.368 e. The molecule has 1 aliphatic heterocycles. The number of hydrogen-bond acceptors (Lipinski definition) is 3. The number of nitrogens with one attached hydrogen (secondary N) is 1. The fraction of sp³-hybridized carbons (Fsp3) is 0.562. The van der Waals surface area contributed by atoms with E-state index in [0.29, 0.717) is 0 Å².